The number of methoxy groups -OCH3 is 1. The molecule has 3 N–H and O–H groups in total. The molecule has 0 aliphatic heterocycles. The first kappa shape index (κ1) is 25.4. The quantitative estimate of drug-likeness (QED) is 0.225. The molecule has 1 atom stereocenters. The van der Waals surface area contributed by atoms with Gasteiger partial charge in [0.2, 0.25) is 0 Å². The number of hydrazine groups is 1. The number of ether oxygens (including phenoxy) is 3. The highest BCUT2D eigenvalue weighted by atomic mass is 79.9. The van der Waals surface area contributed by atoms with Gasteiger partial charge >= 0.3 is 0 Å². The fraction of sp³-hybridized carbons (Fsp3) is 0.208. The van der Waals surface area contributed by atoms with Gasteiger partial charge in [-0.05, 0) is 76.2 Å². The van der Waals surface area contributed by atoms with Gasteiger partial charge in [-0.15, -0.1) is 0 Å². The van der Waals surface area contributed by atoms with Crippen molar-refractivity contribution in [1.82, 2.24) is 16.2 Å². The standard InChI is InChI=1S/C24H24BrN3O5S/c1-15(33-19-9-7-16-5-3-4-6-17(16)13-19)22(29)27-28-24(34)26-23(30)18-8-10-21(20(25)14-18)32-12-11-31-2/h3-10,13-15H,11-12H2,1-2H3,(H,27,29)(H2,26,28,30,34). The second-order valence-corrected chi connectivity index (χ2v) is 8.42. The Bertz CT molecular complexity index is 1190. The molecular weight excluding hydrogens is 522 g/mol. The predicted molar refractivity (Wildman–Crippen MR) is 137 cm³/mol. The van der Waals surface area contributed by atoms with Crippen LogP contribution in [0, 0.1) is 0 Å². The molecule has 0 radical (unpaired) electrons. The van der Waals surface area contributed by atoms with Crippen LogP contribution in [0.3, 0.4) is 0 Å². The Labute approximate surface area is 211 Å². The smallest absolute Gasteiger partial charge is 0.279 e. The highest BCUT2D eigenvalue weighted by Gasteiger charge is 2.16. The topological polar surface area (TPSA) is 97.9 Å². The van der Waals surface area contributed by atoms with E-state index in [1.165, 1.54) is 0 Å². The average Bonchev–Trinajstić information content (AvgIpc) is 2.83. The van der Waals surface area contributed by atoms with Gasteiger partial charge in [-0.3, -0.25) is 25.8 Å². The van der Waals surface area contributed by atoms with Gasteiger partial charge in [-0.2, -0.15) is 0 Å². The summed E-state index contributed by atoms with van der Waals surface area (Å²) in [6.07, 6.45) is -0.797. The Morgan fingerprint density at radius 2 is 1.76 bits per heavy atom. The van der Waals surface area contributed by atoms with Gasteiger partial charge in [0.25, 0.3) is 11.8 Å². The van der Waals surface area contributed by atoms with E-state index < -0.39 is 17.9 Å². The number of fused-ring (bicyclic) bond motifs is 1. The van der Waals surface area contributed by atoms with Gasteiger partial charge in [0, 0.05) is 12.7 Å². The number of carbonyl (C=O) groups is 2. The number of nitrogens with one attached hydrogen (secondary N) is 3. The zero-order valence-electron chi connectivity index (χ0n) is 18.6. The zero-order chi connectivity index (χ0) is 24.5. The van der Waals surface area contributed by atoms with Crippen LogP contribution in [-0.2, 0) is 9.53 Å². The highest BCUT2D eigenvalue weighted by molar-refractivity contribution is 9.10. The maximum atomic E-state index is 12.4. The molecule has 3 aromatic carbocycles. The third-order valence-corrected chi connectivity index (χ3v) is 5.49. The molecule has 0 aliphatic rings. The second kappa shape index (κ2) is 12.3. The lowest BCUT2D eigenvalue weighted by molar-refractivity contribution is -0.127. The van der Waals surface area contributed by atoms with Gasteiger partial charge in [-0.1, -0.05) is 30.3 Å². The van der Waals surface area contributed by atoms with Crippen LogP contribution in [0.5, 0.6) is 11.5 Å². The number of rotatable bonds is 8. The molecular formula is C24H24BrN3O5S. The van der Waals surface area contributed by atoms with E-state index in [1.807, 2.05) is 36.4 Å². The van der Waals surface area contributed by atoms with E-state index in [1.54, 1.807) is 38.3 Å². The van der Waals surface area contributed by atoms with Crippen molar-refractivity contribution in [2.45, 2.75) is 13.0 Å². The summed E-state index contributed by atoms with van der Waals surface area (Å²) in [6.45, 7) is 2.45. The van der Waals surface area contributed by atoms with Crippen molar-refractivity contribution in [2.75, 3.05) is 20.3 Å². The third-order valence-electron chi connectivity index (χ3n) is 4.67. The molecule has 178 valence electrons. The molecule has 1 unspecified atom stereocenters. The number of carbonyl (C=O) groups excluding carboxylic acids is 2. The van der Waals surface area contributed by atoms with E-state index in [0.717, 1.165) is 10.8 Å². The molecule has 3 rings (SSSR count). The molecule has 0 saturated carbocycles. The molecule has 34 heavy (non-hydrogen) atoms. The van der Waals surface area contributed by atoms with Crippen LogP contribution in [0.2, 0.25) is 0 Å². The van der Waals surface area contributed by atoms with E-state index in [2.05, 4.69) is 32.1 Å². The van der Waals surface area contributed by atoms with Crippen molar-refractivity contribution < 1.29 is 23.8 Å². The Kier molecular flexibility index (Phi) is 9.20. The molecule has 2 amide bonds. The summed E-state index contributed by atoms with van der Waals surface area (Å²) < 4.78 is 16.8. The largest absolute Gasteiger partial charge is 0.490 e. The number of amides is 2. The molecule has 3 aromatic rings. The Morgan fingerprint density at radius 3 is 2.50 bits per heavy atom. The first-order chi connectivity index (χ1) is 16.4. The van der Waals surface area contributed by atoms with E-state index in [9.17, 15) is 9.59 Å². The van der Waals surface area contributed by atoms with Crippen LogP contribution >= 0.6 is 28.1 Å². The van der Waals surface area contributed by atoms with Crippen LogP contribution in [-0.4, -0.2) is 43.4 Å². The van der Waals surface area contributed by atoms with Crippen LogP contribution in [0.15, 0.2) is 65.1 Å². The number of hydrogen-bond acceptors (Lipinski definition) is 6. The fourth-order valence-corrected chi connectivity index (χ4v) is 3.56. The van der Waals surface area contributed by atoms with Crippen molar-refractivity contribution in [3.8, 4) is 11.5 Å². The van der Waals surface area contributed by atoms with E-state index >= 15 is 0 Å². The lowest BCUT2D eigenvalue weighted by atomic mass is 10.1. The summed E-state index contributed by atoms with van der Waals surface area (Å²) in [5.41, 5.74) is 5.30. The van der Waals surface area contributed by atoms with Gasteiger partial charge < -0.3 is 14.2 Å². The summed E-state index contributed by atoms with van der Waals surface area (Å²) in [6, 6.07) is 18.3. The molecule has 0 aliphatic carbocycles. The average molecular weight is 546 g/mol. The Hall–Kier alpha value is -3.21. The maximum absolute atomic E-state index is 12.4. The first-order valence-corrected chi connectivity index (χ1v) is 11.6. The molecule has 0 aromatic heterocycles. The fourth-order valence-electron chi connectivity index (χ4n) is 2.92. The predicted octanol–water partition coefficient (Wildman–Crippen LogP) is 3.73. The number of thiocarbonyl (C=S) groups is 1. The van der Waals surface area contributed by atoms with Crippen molar-refractivity contribution in [2.24, 2.45) is 0 Å². The summed E-state index contributed by atoms with van der Waals surface area (Å²) in [5, 5.41) is 4.53. The first-order valence-electron chi connectivity index (χ1n) is 10.4. The van der Waals surface area contributed by atoms with Crippen molar-refractivity contribution in [3.63, 3.8) is 0 Å². The molecule has 0 fully saturated rings. The highest BCUT2D eigenvalue weighted by Crippen LogP contribution is 2.26. The van der Waals surface area contributed by atoms with Crippen molar-refractivity contribution in [3.05, 3.63) is 70.7 Å². The molecule has 8 nitrogen and oxygen atoms in total. The monoisotopic (exact) mass is 545 g/mol. The number of hydrogen-bond donors (Lipinski definition) is 3. The minimum atomic E-state index is -0.797. The Balaban J connectivity index is 1.47. The van der Waals surface area contributed by atoms with Gasteiger partial charge in [0.15, 0.2) is 11.2 Å². The third kappa shape index (κ3) is 7.14. The second-order valence-electron chi connectivity index (χ2n) is 7.15. The number of halogens is 1. The lowest BCUT2D eigenvalue weighted by Crippen LogP contribution is -2.51. The molecule has 0 spiro atoms. The zero-order valence-corrected chi connectivity index (χ0v) is 21.0. The Morgan fingerprint density at radius 1 is 1.00 bits per heavy atom. The van der Waals surface area contributed by atoms with Gasteiger partial charge in [0.05, 0.1) is 11.1 Å². The minimum absolute atomic E-state index is 0.0622. The van der Waals surface area contributed by atoms with Gasteiger partial charge in [-0.25, -0.2) is 0 Å². The molecule has 0 heterocycles. The van der Waals surface area contributed by atoms with Crippen LogP contribution < -0.4 is 25.6 Å². The molecule has 0 saturated heterocycles. The lowest BCUT2D eigenvalue weighted by Gasteiger charge is -2.16. The number of benzene rings is 3. The summed E-state index contributed by atoms with van der Waals surface area (Å²) in [7, 11) is 1.59. The SMILES string of the molecule is COCCOc1ccc(C(=O)NC(=S)NNC(=O)C(C)Oc2ccc3ccccc3c2)cc1Br. The van der Waals surface area contributed by atoms with Crippen LogP contribution in [0.4, 0.5) is 0 Å². The van der Waals surface area contributed by atoms with E-state index in [-0.39, 0.29) is 5.11 Å². The summed E-state index contributed by atoms with van der Waals surface area (Å²) >= 11 is 8.47. The normalized spacial score (nSPS) is 11.4. The van der Waals surface area contributed by atoms with Crippen molar-refractivity contribution in [1.29, 1.82) is 0 Å². The summed E-state index contributed by atoms with van der Waals surface area (Å²) in [5.74, 6) is 0.251. The van der Waals surface area contributed by atoms with E-state index in [0.29, 0.717) is 34.7 Å². The van der Waals surface area contributed by atoms with Crippen molar-refractivity contribution >= 4 is 55.8 Å². The van der Waals surface area contributed by atoms with Crippen LogP contribution in [0.1, 0.15) is 17.3 Å². The molecule has 0 bridgehead atoms. The van der Waals surface area contributed by atoms with Crippen LogP contribution in [0.25, 0.3) is 10.8 Å². The summed E-state index contributed by atoms with van der Waals surface area (Å²) in [4.78, 5) is 24.8. The minimum Gasteiger partial charge on any atom is -0.490 e. The maximum Gasteiger partial charge on any atom is 0.279 e. The molecule has 10 heteroatoms. The van der Waals surface area contributed by atoms with E-state index in [4.69, 9.17) is 26.4 Å². The van der Waals surface area contributed by atoms with Gasteiger partial charge in [0.1, 0.15) is 18.1 Å².